The molecule has 3 N–H and O–H groups in total. The van der Waals surface area contributed by atoms with E-state index in [0.717, 1.165) is 23.4 Å². The monoisotopic (exact) mass is 410 g/mol. The second-order valence-electron chi connectivity index (χ2n) is 7.12. The summed E-state index contributed by atoms with van der Waals surface area (Å²) < 4.78 is 0. The number of carbonyl (C=O) groups is 2. The summed E-state index contributed by atoms with van der Waals surface area (Å²) in [5.41, 5.74) is 9.66. The number of benzene rings is 1. The van der Waals surface area contributed by atoms with Gasteiger partial charge >= 0.3 is 6.03 Å². The molecule has 0 aromatic heterocycles. The molecule has 1 rings (SSSR count). The van der Waals surface area contributed by atoms with Crippen LogP contribution in [0.25, 0.3) is 0 Å². The van der Waals surface area contributed by atoms with Crippen molar-refractivity contribution in [1.82, 2.24) is 10.2 Å². The summed E-state index contributed by atoms with van der Waals surface area (Å²) in [6.07, 6.45) is 5.40. The van der Waals surface area contributed by atoms with Gasteiger partial charge in [-0.05, 0) is 43.5 Å². The van der Waals surface area contributed by atoms with Crippen molar-refractivity contribution in [1.29, 1.82) is 0 Å². The van der Waals surface area contributed by atoms with E-state index in [2.05, 4.69) is 16.9 Å². The first kappa shape index (κ1) is 24.9. The molecule has 0 aliphatic rings. The minimum atomic E-state index is -0.604. The molecule has 1 aromatic rings. The van der Waals surface area contributed by atoms with Crippen LogP contribution in [0, 0.1) is 5.92 Å². The van der Waals surface area contributed by atoms with Gasteiger partial charge in [0.15, 0.2) is 0 Å². The van der Waals surface area contributed by atoms with Gasteiger partial charge in [-0.3, -0.25) is 9.79 Å². The standard InChI is InChI=1S/C24H34N4O2/c1-7-20(23(29)28(6)8-2)16-17(3)22(26-5)18(4)21(27-24(25)30)15-14-19-12-10-9-11-13-19/h8-13,16-17H,2,7,14-15H2,1,3-6H3,(H3,25,27,30)/b20-16-,21-18+,26-22?. The predicted octanol–water partition coefficient (Wildman–Crippen LogP) is 4.21. The van der Waals surface area contributed by atoms with Gasteiger partial charge in [-0.1, -0.05) is 56.8 Å². The molecule has 0 bridgehead atoms. The Bertz CT molecular complexity index is 838. The number of urea groups is 1. The molecule has 0 radical (unpaired) electrons. The van der Waals surface area contributed by atoms with Crippen molar-refractivity contribution in [3.8, 4) is 0 Å². The van der Waals surface area contributed by atoms with Gasteiger partial charge in [-0.2, -0.15) is 0 Å². The Hall–Kier alpha value is -3.15. The first-order chi connectivity index (χ1) is 14.2. The molecular formula is C24H34N4O2. The summed E-state index contributed by atoms with van der Waals surface area (Å²) in [5.74, 6) is -0.204. The van der Waals surface area contributed by atoms with E-state index in [-0.39, 0.29) is 11.8 Å². The highest BCUT2D eigenvalue weighted by Gasteiger charge is 2.18. The van der Waals surface area contributed by atoms with Crippen molar-refractivity contribution in [3.05, 3.63) is 71.6 Å². The fourth-order valence-corrected chi connectivity index (χ4v) is 3.30. The zero-order valence-corrected chi connectivity index (χ0v) is 18.7. The molecule has 6 heteroatoms. The van der Waals surface area contributed by atoms with Crippen molar-refractivity contribution < 1.29 is 9.59 Å². The summed E-state index contributed by atoms with van der Waals surface area (Å²) in [5, 5.41) is 2.77. The topological polar surface area (TPSA) is 87.8 Å². The highest BCUT2D eigenvalue weighted by atomic mass is 16.2. The van der Waals surface area contributed by atoms with Crippen LogP contribution in [0.5, 0.6) is 0 Å². The van der Waals surface area contributed by atoms with Gasteiger partial charge in [-0.15, -0.1) is 0 Å². The molecule has 0 fully saturated rings. The van der Waals surface area contributed by atoms with Gasteiger partial charge in [0.1, 0.15) is 0 Å². The molecule has 1 unspecified atom stereocenters. The van der Waals surface area contributed by atoms with Crippen LogP contribution in [0.3, 0.4) is 0 Å². The molecule has 162 valence electrons. The number of nitrogens with one attached hydrogen (secondary N) is 1. The molecule has 0 aliphatic heterocycles. The number of hydrogen-bond donors (Lipinski definition) is 2. The van der Waals surface area contributed by atoms with E-state index in [1.54, 1.807) is 14.1 Å². The number of aryl methyl sites for hydroxylation is 1. The summed E-state index contributed by atoms with van der Waals surface area (Å²) in [7, 11) is 3.40. The Labute approximate surface area is 180 Å². The zero-order valence-electron chi connectivity index (χ0n) is 18.7. The molecule has 0 saturated carbocycles. The molecule has 30 heavy (non-hydrogen) atoms. The van der Waals surface area contributed by atoms with Gasteiger partial charge in [0, 0.05) is 37.0 Å². The highest BCUT2D eigenvalue weighted by Crippen LogP contribution is 2.19. The lowest BCUT2D eigenvalue weighted by Crippen LogP contribution is -2.31. The van der Waals surface area contributed by atoms with Crippen LogP contribution in [-0.2, 0) is 11.2 Å². The molecule has 0 heterocycles. The van der Waals surface area contributed by atoms with E-state index in [9.17, 15) is 9.59 Å². The number of hydrogen-bond acceptors (Lipinski definition) is 3. The van der Waals surface area contributed by atoms with Crippen LogP contribution >= 0.6 is 0 Å². The number of amides is 3. The second-order valence-corrected chi connectivity index (χ2v) is 7.12. The van der Waals surface area contributed by atoms with Crippen LogP contribution in [0.1, 0.15) is 39.2 Å². The van der Waals surface area contributed by atoms with E-state index in [1.165, 1.54) is 16.7 Å². The number of nitrogens with zero attached hydrogens (tertiary/aromatic N) is 2. The van der Waals surface area contributed by atoms with Gasteiger partial charge in [0.05, 0.1) is 0 Å². The Morgan fingerprint density at radius 2 is 1.93 bits per heavy atom. The number of allylic oxidation sites excluding steroid dienone is 3. The zero-order chi connectivity index (χ0) is 22.7. The SMILES string of the molecule is C=CN(C)C(=O)/C(=C\C(C)C(=NC)/C(C)=C(\CCc1ccccc1)NC(N)=O)CC. The minimum Gasteiger partial charge on any atom is -0.351 e. The molecule has 1 atom stereocenters. The lowest BCUT2D eigenvalue weighted by atomic mass is 9.93. The number of primary amides is 1. The van der Waals surface area contributed by atoms with E-state index in [4.69, 9.17) is 5.73 Å². The average Bonchev–Trinajstić information content (AvgIpc) is 2.74. The van der Waals surface area contributed by atoms with Crippen molar-refractivity contribution in [2.45, 2.75) is 40.0 Å². The van der Waals surface area contributed by atoms with E-state index < -0.39 is 6.03 Å². The molecule has 6 nitrogen and oxygen atoms in total. The summed E-state index contributed by atoms with van der Waals surface area (Å²) in [4.78, 5) is 30.0. The van der Waals surface area contributed by atoms with Crippen LogP contribution < -0.4 is 11.1 Å². The first-order valence-corrected chi connectivity index (χ1v) is 10.1. The quantitative estimate of drug-likeness (QED) is 0.447. The van der Waals surface area contributed by atoms with Gasteiger partial charge in [-0.25, -0.2) is 4.79 Å². The van der Waals surface area contributed by atoms with E-state index >= 15 is 0 Å². The van der Waals surface area contributed by atoms with Crippen LogP contribution in [0.2, 0.25) is 0 Å². The van der Waals surface area contributed by atoms with E-state index in [1.807, 2.05) is 57.2 Å². The van der Waals surface area contributed by atoms with Gasteiger partial charge in [0.2, 0.25) is 0 Å². The van der Waals surface area contributed by atoms with Crippen LogP contribution in [-0.4, -0.2) is 36.6 Å². The summed E-state index contributed by atoms with van der Waals surface area (Å²) >= 11 is 0. The number of likely N-dealkylation sites (N-methyl/N-ethyl adjacent to an activating group) is 1. The van der Waals surface area contributed by atoms with Crippen molar-refractivity contribution in [2.75, 3.05) is 14.1 Å². The third-order valence-corrected chi connectivity index (χ3v) is 4.99. The third kappa shape index (κ3) is 7.35. The fourth-order valence-electron chi connectivity index (χ4n) is 3.30. The number of aliphatic imine (C=N–C) groups is 1. The Morgan fingerprint density at radius 3 is 2.43 bits per heavy atom. The van der Waals surface area contributed by atoms with E-state index in [0.29, 0.717) is 18.4 Å². The lowest BCUT2D eigenvalue weighted by molar-refractivity contribution is -0.123. The second kappa shape index (κ2) is 12.4. The summed E-state index contributed by atoms with van der Waals surface area (Å²) in [6, 6.07) is 9.44. The molecule has 0 spiro atoms. The average molecular weight is 411 g/mol. The molecule has 3 amide bonds. The van der Waals surface area contributed by atoms with Gasteiger partial charge < -0.3 is 16.0 Å². The van der Waals surface area contributed by atoms with Crippen molar-refractivity contribution in [2.24, 2.45) is 16.6 Å². The Balaban J connectivity index is 3.20. The maximum absolute atomic E-state index is 12.5. The normalized spacial score (nSPS) is 13.9. The summed E-state index contributed by atoms with van der Waals surface area (Å²) in [6.45, 7) is 9.50. The van der Waals surface area contributed by atoms with Gasteiger partial charge in [0.25, 0.3) is 5.91 Å². The first-order valence-electron chi connectivity index (χ1n) is 10.1. The van der Waals surface area contributed by atoms with Crippen molar-refractivity contribution >= 4 is 17.6 Å². The minimum absolute atomic E-state index is 0.0870. The number of rotatable bonds is 10. The molecule has 0 aliphatic carbocycles. The molecular weight excluding hydrogens is 376 g/mol. The highest BCUT2D eigenvalue weighted by molar-refractivity contribution is 6.04. The van der Waals surface area contributed by atoms with Crippen molar-refractivity contribution in [3.63, 3.8) is 0 Å². The van der Waals surface area contributed by atoms with Crippen LogP contribution in [0.4, 0.5) is 4.79 Å². The Kier molecular flexibility index (Phi) is 10.3. The smallest absolute Gasteiger partial charge is 0.316 e. The molecule has 1 aromatic carbocycles. The third-order valence-electron chi connectivity index (χ3n) is 4.99. The lowest BCUT2D eigenvalue weighted by Gasteiger charge is -2.19. The predicted molar refractivity (Wildman–Crippen MR) is 124 cm³/mol. The largest absolute Gasteiger partial charge is 0.351 e. The maximum Gasteiger partial charge on any atom is 0.316 e. The fraction of sp³-hybridized carbons (Fsp3) is 0.375. The number of nitrogens with two attached hydrogens (primary N) is 1. The maximum atomic E-state index is 12.5. The molecule has 0 saturated heterocycles. The van der Waals surface area contributed by atoms with Crippen LogP contribution in [0.15, 0.2) is 71.0 Å². The number of carbonyl (C=O) groups excluding carboxylic acids is 2. The Morgan fingerprint density at radius 1 is 1.30 bits per heavy atom.